The van der Waals surface area contributed by atoms with E-state index in [2.05, 4.69) is 240 Å². The molecule has 0 saturated carbocycles. The van der Waals surface area contributed by atoms with Gasteiger partial charge in [-0.1, -0.05) is 182 Å². The van der Waals surface area contributed by atoms with Gasteiger partial charge in [0.05, 0.1) is 22.4 Å². The van der Waals surface area contributed by atoms with Crippen LogP contribution >= 0.6 is 0 Å². The molecule has 0 unspecified atom stereocenters. The Morgan fingerprint density at radius 2 is 0.643 bits per heavy atom. The average molecular weight is 715 g/mol. The quantitative estimate of drug-likeness (QED) is 0.152. The first kappa shape index (κ1) is 33.2. The van der Waals surface area contributed by atoms with Crippen molar-refractivity contribution in [2.24, 2.45) is 0 Å². The highest BCUT2D eigenvalue weighted by Gasteiger charge is 2.22. The number of benzene rings is 9. The molecular weight excluding hydrogens is 677 g/mol. The Labute approximate surface area is 327 Å². The summed E-state index contributed by atoms with van der Waals surface area (Å²) >= 11 is 0. The molecule has 9 aromatic carbocycles. The number of nitrogens with zero attached hydrogens (tertiary/aromatic N) is 2. The third-order valence-corrected chi connectivity index (χ3v) is 10.8. The largest absolute Gasteiger partial charge is 0.309 e. The van der Waals surface area contributed by atoms with Crippen LogP contribution in [0.2, 0.25) is 0 Å². The van der Waals surface area contributed by atoms with Crippen LogP contribution in [0, 0.1) is 0 Å². The van der Waals surface area contributed by atoms with E-state index in [-0.39, 0.29) is 0 Å². The van der Waals surface area contributed by atoms with Crippen LogP contribution < -0.4 is 4.90 Å². The molecule has 0 atom stereocenters. The summed E-state index contributed by atoms with van der Waals surface area (Å²) in [6, 6.07) is 83.0. The maximum atomic E-state index is 2.44. The fraction of sp³-hybridized carbons (Fsp3) is 0. The molecule has 56 heavy (non-hydrogen) atoms. The molecule has 264 valence electrons. The molecule has 0 aliphatic heterocycles. The zero-order chi connectivity index (χ0) is 37.3. The Kier molecular flexibility index (Phi) is 8.55. The van der Waals surface area contributed by atoms with E-state index in [4.69, 9.17) is 0 Å². The Morgan fingerprint density at radius 1 is 0.268 bits per heavy atom. The van der Waals surface area contributed by atoms with Gasteiger partial charge in [0, 0.05) is 33.3 Å². The minimum Gasteiger partial charge on any atom is -0.309 e. The topological polar surface area (TPSA) is 8.17 Å². The van der Waals surface area contributed by atoms with Crippen LogP contribution in [0.5, 0.6) is 0 Å². The van der Waals surface area contributed by atoms with Gasteiger partial charge in [-0.25, -0.2) is 0 Å². The van der Waals surface area contributed by atoms with E-state index >= 15 is 0 Å². The van der Waals surface area contributed by atoms with Crippen LogP contribution in [0.3, 0.4) is 0 Å². The van der Waals surface area contributed by atoms with Gasteiger partial charge < -0.3 is 9.47 Å². The zero-order valence-corrected chi connectivity index (χ0v) is 30.8. The monoisotopic (exact) mass is 714 g/mol. The first-order valence-corrected chi connectivity index (χ1v) is 19.2. The van der Waals surface area contributed by atoms with Crippen molar-refractivity contribution in [3.63, 3.8) is 0 Å². The Morgan fingerprint density at radius 3 is 1.21 bits per heavy atom. The van der Waals surface area contributed by atoms with E-state index in [0.29, 0.717) is 0 Å². The number of aromatic nitrogens is 1. The number of rotatable bonds is 8. The summed E-state index contributed by atoms with van der Waals surface area (Å²) in [4.78, 5) is 2.44. The van der Waals surface area contributed by atoms with Crippen molar-refractivity contribution < 1.29 is 0 Å². The van der Waals surface area contributed by atoms with Crippen LogP contribution in [0.1, 0.15) is 0 Å². The fourth-order valence-electron chi connectivity index (χ4n) is 8.33. The lowest BCUT2D eigenvalue weighted by atomic mass is 9.88. The van der Waals surface area contributed by atoms with Crippen molar-refractivity contribution in [3.8, 4) is 50.2 Å². The minimum absolute atomic E-state index is 1.08. The van der Waals surface area contributed by atoms with Gasteiger partial charge in [-0.3, -0.25) is 0 Å². The molecule has 1 aromatic heterocycles. The van der Waals surface area contributed by atoms with Gasteiger partial charge in [0.2, 0.25) is 0 Å². The summed E-state index contributed by atoms with van der Waals surface area (Å²) in [5.41, 5.74) is 16.3. The molecule has 10 aromatic rings. The Hall–Kier alpha value is -7.42. The molecule has 10 rings (SSSR count). The summed E-state index contributed by atoms with van der Waals surface area (Å²) in [6.45, 7) is 0. The molecule has 2 heteroatoms. The van der Waals surface area contributed by atoms with Gasteiger partial charge in [-0.15, -0.1) is 0 Å². The number of hydrogen-bond donors (Lipinski definition) is 0. The van der Waals surface area contributed by atoms with E-state index in [0.717, 1.165) is 33.9 Å². The normalized spacial score (nSPS) is 11.2. The summed E-state index contributed by atoms with van der Waals surface area (Å²) < 4.78 is 2.38. The lowest BCUT2D eigenvalue weighted by Crippen LogP contribution is -2.12. The molecule has 0 radical (unpaired) electrons. The smallest absolute Gasteiger partial charge is 0.0541 e. The predicted molar refractivity (Wildman–Crippen MR) is 237 cm³/mol. The summed E-state index contributed by atoms with van der Waals surface area (Å²) in [5, 5.41) is 2.51. The molecule has 0 aliphatic carbocycles. The maximum Gasteiger partial charge on any atom is 0.0541 e. The highest BCUT2D eigenvalue weighted by molar-refractivity contribution is 6.09. The zero-order valence-electron chi connectivity index (χ0n) is 30.8. The highest BCUT2D eigenvalue weighted by atomic mass is 15.1. The van der Waals surface area contributed by atoms with E-state index in [1.807, 2.05) is 0 Å². The molecule has 1 heterocycles. The highest BCUT2D eigenvalue weighted by Crippen LogP contribution is 2.47. The van der Waals surface area contributed by atoms with Crippen LogP contribution in [0.4, 0.5) is 17.1 Å². The van der Waals surface area contributed by atoms with Crippen molar-refractivity contribution in [1.29, 1.82) is 0 Å². The predicted octanol–water partition coefficient (Wildman–Crippen LogP) is 14.9. The Balaban J connectivity index is 1.18. The number of hydrogen-bond acceptors (Lipinski definition) is 1. The molecule has 0 N–H and O–H groups in total. The summed E-state index contributed by atoms with van der Waals surface area (Å²) in [6.07, 6.45) is 0. The third-order valence-electron chi connectivity index (χ3n) is 10.8. The van der Waals surface area contributed by atoms with E-state index < -0.39 is 0 Å². The third kappa shape index (κ3) is 5.85. The van der Waals surface area contributed by atoms with Gasteiger partial charge in [0.1, 0.15) is 0 Å². The molecule has 0 saturated heterocycles. The van der Waals surface area contributed by atoms with Crippen LogP contribution in [-0.4, -0.2) is 4.57 Å². The Bertz CT molecular complexity index is 2910. The number of para-hydroxylation sites is 4. The second-order valence-electron chi connectivity index (χ2n) is 14.1. The minimum atomic E-state index is 1.08. The van der Waals surface area contributed by atoms with E-state index in [9.17, 15) is 0 Å². The van der Waals surface area contributed by atoms with Crippen LogP contribution in [0.25, 0.3) is 72.0 Å². The first-order chi connectivity index (χ1) is 27.8. The molecular formula is C54H38N2. The first-order valence-electron chi connectivity index (χ1n) is 19.2. The van der Waals surface area contributed by atoms with Crippen molar-refractivity contribution >= 4 is 38.9 Å². The maximum absolute atomic E-state index is 2.44. The molecule has 0 spiro atoms. The van der Waals surface area contributed by atoms with Gasteiger partial charge in [-0.05, 0) is 81.9 Å². The molecule has 0 aliphatic rings. The van der Waals surface area contributed by atoms with Crippen molar-refractivity contribution in [2.75, 3.05) is 4.90 Å². The summed E-state index contributed by atoms with van der Waals surface area (Å²) in [5.74, 6) is 0. The molecule has 0 fully saturated rings. The fourth-order valence-corrected chi connectivity index (χ4v) is 8.33. The number of fused-ring (bicyclic) bond motifs is 3. The van der Waals surface area contributed by atoms with Gasteiger partial charge >= 0.3 is 0 Å². The van der Waals surface area contributed by atoms with Crippen molar-refractivity contribution in [2.45, 2.75) is 0 Å². The van der Waals surface area contributed by atoms with Gasteiger partial charge in [-0.2, -0.15) is 0 Å². The van der Waals surface area contributed by atoms with E-state index in [1.54, 1.807) is 0 Å². The van der Waals surface area contributed by atoms with Gasteiger partial charge in [0.15, 0.2) is 0 Å². The number of anilines is 3. The van der Waals surface area contributed by atoms with Crippen LogP contribution in [0.15, 0.2) is 231 Å². The van der Waals surface area contributed by atoms with Crippen molar-refractivity contribution in [3.05, 3.63) is 231 Å². The van der Waals surface area contributed by atoms with E-state index in [1.165, 1.54) is 55.2 Å². The standard InChI is InChI=1S/C54H38N2/c1-3-19-39(20-4-1)43-23-7-8-25-45(43)46-26-9-10-27-47(46)48-28-12-16-32-52(48)55(51-31-15-11-24-44(51)40-21-5-2-6-22-40)41-35-37-42(38-36-41)56-53-33-17-13-29-49(53)50-30-14-18-34-54(50)56/h1-38H. The SMILES string of the molecule is c1ccc(-c2ccccc2-c2ccccc2-c2ccccc2N(c2ccc(-n3c4ccccc4c4ccccc43)cc2)c2ccccc2-c2ccccc2)cc1. The van der Waals surface area contributed by atoms with Gasteiger partial charge in [0.25, 0.3) is 0 Å². The molecule has 0 bridgehead atoms. The molecule has 0 amide bonds. The average Bonchev–Trinajstić information content (AvgIpc) is 3.62. The van der Waals surface area contributed by atoms with Crippen molar-refractivity contribution in [1.82, 2.24) is 4.57 Å². The second-order valence-corrected chi connectivity index (χ2v) is 14.1. The lowest BCUT2D eigenvalue weighted by Gasteiger charge is -2.30. The molecule has 2 nitrogen and oxygen atoms in total. The summed E-state index contributed by atoms with van der Waals surface area (Å²) in [7, 11) is 0. The second kappa shape index (κ2) is 14.4. The lowest BCUT2D eigenvalue weighted by molar-refractivity contribution is 1.17. The van der Waals surface area contributed by atoms with Crippen LogP contribution in [-0.2, 0) is 0 Å².